The number of carbonyl (C=O) groups excluding carboxylic acids is 2. The number of nitrogens with zero attached hydrogens (tertiary/aromatic N) is 1. The van der Waals surface area contributed by atoms with Crippen LogP contribution in [-0.4, -0.2) is 68.1 Å². The summed E-state index contributed by atoms with van der Waals surface area (Å²) in [6.07, 6.45) is 2.22. The number of aliphatic hydroxyl groups is 1. The van der Waals surface area contributed by atoms with Gasteiger partial charge in [-0.05, 0) is 32.9 Å². The molecule has 26 heavy (non-hydrogen) atoms. The van der Waals surface area contributed by atoms with E-state index in [1.165, 1.54) is 27.4 Å². The minimum absolute atomic E-state index is 0.150. The second kappa shape index (κ2) is 5.33. The van der Waals surface area contributed by atoms with E-state index in [1.54, 1.807) is 0 Å². The molecule has 3 aliphatic carbocycles. The lowest BCUT2D eigenvalue weighted by Crippen LogP contribution is -2.62. The molecule has 0 bridgehead atoms. The molecule has 4 aliphatic rings. The SMILES string of the molecule is COC1=CC(=O)[C@]2(CC[C@]34C(OC)=C(OC)C(=O)C[C@]23CCN4C)[C@@H]1O. The van der Waals surface area contributed by atoms with Crippen LogP contribution in [0.5, 0.6) is 0 Å². The van der Waals surface area contributed by atoms with Gasteiger partial charge in [0.1, 0.15) is 11.9 Å². The van der Waals surface area contributed by atoms with Crippen LogP contribution in [0.25, 0.3) is 0 Å². The van der Waals surface area contributed by atoms with Gasteiger partial charge in [-0.2, -0.15) is 0 Å². The first-order chi connectivity index (χ1) is 12.4. The number of likely N-dealkylation sites (N-methyl/N-ethyl adjacent to an activating group) is 1. The average molecular weight is 363 g/mol. The summed E-state index contributed by atoms with van der Waals surface area (Å²) in [6.45, 7) is 0.710. The Morgan fingerprint density at radius 3 is 2.42 bits per heavy atom. The van der Waals surface area contributed by atoms with Crippen LogP contribution in [0, 0.1) is 10.8 Å². The smallest absolute Gasteiger partial charge is 0.201 e. The Labute approximate surface area is 152 Å². The van der Waals surface area contributed by atoms with E-state index in [4.69, 9.17) is 14.2 Å². The minimum atomic E-state index is -1.07. The zero-order valence-electron chi connectivity index (χ0n) is 15.6. The molecule has 1 spiro atoms. The number of hydrogen-bond donors (Lipinski definition) is 1. The molecule has 0 aromatic carbocycles. The van der Waals surface area contributed by atoms with E-state index in [0.29, 0.717) is 31.6 Å². The summed E-state index contributed by atoms with van der Waals surface area (Å²) in [6, 6.07) is 0. The number of carbonyl (C=O) groups is 2. The maximum Gasteiger partial charge on any atom is 0.201 e. The van der Waals surface area contributed by atoms with Gasteiger partial charge in [0.15, 0.2) is 11.5 Å². The molecule has 142 valence electrons. The number of aliphatic hydroxyl groups excluding tert-OH is 1. The highest BCUT2D eigenvalue weighted by Gasteiger charge is 2.80. The number of hydrogen-bond acceptors (Lipinski definition) is 7. The maximum atomic E-state index is 13.2. The number of methoxy groups -OCH3 is 3. The van der Waals surface area contributed by atoms with Crippen molar-refractivity contribution in [2.24, 2.45) is 10.8 Å². The first-order valence-corrected chi connectivity index (χ1v) is 8.91. The fourth-order valence-corrected chi connectivity index (χ4v) is 6.44. The number of allylic oxidation sites excluding steroid dienone is 2. The third kappa shape index (κ3) is 1.54. The molecule has 0 aromatic rings. The Hall–Kier alpha value is -1.86. The molecule has 0 amide bonds. The summed E-state index contributed by atoms with van der Waals surface area (Å²) in [5.41, 5.74) is -2.46. The van der Waals surface area contributed by atoms with Crippen molar-refractivity contribution in [3.63, 3.8) is 0 Å². The van der Waals surface area contributed by atoms with Crippen molar-refractivity contribution in [3.05, 3.63) is 23.4 Å². The number of Topliss-reactive ketones (excluding diaryl/α,β-unsaturated/α-hetero) is 1. The summed E-state index contributed by atoms with van der Waals surface area (Å²) in [7, 11) is 6.45. The van der Waals surface area contributed by atoms with Crippen molar-refractivity contribution in [2.75, 3.05) is 34.9 Å². The lowest BCUT2D eigenvalue weighted by Gasteiger charge is -2.53. The van der Waals surface area contributed by atoms with E-state index in [-0.39, 0.29) is 29.5 Å². The number of ether oxygens (including phenoxy) is 3. The summed E-state index contributed by atoms with van der Waals surface area (Å²) in [4.78, 5) is 28.3. The highest BCUT2D eigenvalue weighted by atomic mass is 16.5. The Morgan fingerprint density at radius 1 is 1.12 bits per heavy atom. The van der Waals surface area contributed by atoms with Crippen molar-refractivity contribution >= 4 is 11.6 Å². The first kappa shape index (κ1) is 17.5. The van der Waals surface area contributed by atoms with Gasteiger partial charge in [0.05, 0.1) is 32.3 Å². The quantitative estimate of drug-likeness (QED) is 0.793. The Morgan fingerprint density at radius 2 is 1.85 bits per heavy atom. The van der Waals surface area contributed by atoms with Crippen molar-refractivity contribution in [2.45, 2.75) is 37.3 Å². The van der Waals surface area contributed by atoms with Crippen LogP contribution >= 0.6 is 0 Å². The molecular weight excluding hydrogens is 338 g/mol. The van der Waals surface area contributed by atoms with Crippen LogP contribution in [0.3, 0.4) is 0 Å². The molecule has 7 nitrogen and oxygen atoms in total. The summed E-state index contributed by atoms with van der Waals surface area (Å²) in [5, 5.41) is 11.1. The number of rotatable bonds is 3. The first-order valence-electron chi connectivity index (χ1n) is 8.91. The van der Waals surface area contributed by atoms with Gasteiger partial charge in [0.2, 0.25) is 11.5 Å². The van der Waals surface area contributed by atoms with E-state index in [9.17, 15) is 14.7 Å². The van der Waals surface area contributed by atoms with Gasteiger partial charge in [-0.25, -0.2) is 0 Å². The van der Waals surface area contributed by atoms with Gasteiger partial charge in [-0.1, -0.05) is 0 Å². The largest absolute Gasteiger partial charge is 0.498 e. The fourth-order valence-electron chi connectivity index (χ4n) is 6.44. The van der Waals surface area contributed by atoms with E-state index < -0.39 is 22.5 Å². The molecule has 0 radical (unpaired) electrons. The monoisotopic (exact) mass is 363 g/mol. The minimum Gasteiger partial charge on any atom is -0.498 e. The third-order valence-corrected chi connectivity index (χ3v) is 7.44. The second-order valence-corrected chi connectivity index (χ2v) is 7.77. The van der Waals surface area contributed by atoms with Gasteiger partial charge in [-0.15, -0.1) is 0 Å². The van der Waals surface area contributed by atoms with Crippen molar-refractivity contribution < 1.29 is 28.9 Å². The molecule has 1 saturated heterocycles. The van der Waals surface area contributed by atoms with Gasteiger partial charge in [-0.3, -0.25) is 14.5 Å². The van der Waals surface area contributed by atoms with E-state index in [1.807, 2.05) is 7.05 Å². The number of ketones is 2. The van der Waals surface area contributed by atoms with Crippen molar-refractivity contribution in [1.29, 1.82) is 0 Å². The average Bonchev–Trinajstić information content (AvgIpc) is 3.18. The van der Waals surface area contributed by atoms with E-state index >= 15 is 0 Å². The van der Waals surface area contributed by atoms with Gasteiger partial charge in [0, 0.05) is 17.9 Å². The molecule has 1 N–H and O–H groups in total. The van der Waals surface area contributed by atoms with Crippen LogP contribution in [0.2, 0.25) is 0 Å². The zero-order valence-corrected chi connectivity index (χ0v) is 15.6. The zero-order chi connectivity index (χ0) is 18.9. The molecule has 0 unspecified atom stereocenters. The molecule has 1 saturated carbocycles. The van der Waals surface area contributed by atoms with Gasteiger partial charge >= 0.3 is 0 Å². The van der Waals surface area contributed by atoms with Crippen LogP contribution in [0.4, 0.5) is 0 Å². The van der Waals surface area contributed by atoms with Crippen molar-refractivity contribution in [3.8, 4) is 0 Å². The molecule has 0 aromatic heterocycles. The van der Waals surface area contributed by atoms with E-state index in [2.05, 4.69) is 4.90 Å². The highest BCUT2D eigenvalue weighted by Crippen LogP contribution is 2.73. The lowest BCUT2D eigenvalue weighted by atomic mass is 9.52. The van der Waals surface area contributed by atoms with Crippen LogP contribution in [0.15, 0.2) is 23.4 Å². The topological polar surface area (TPSA) is 85.3 Å². The van der Waals surface area contributed by atoms with E-state index in [0.717, 1.165) is 0 Å². The molecule has 1 aliphatic heterocycles. The normalized spacial score (nSPS) is 42.2. The maximum absolute atomic E-state index is 13.2. The molecule has 7 heteroatoms. The Bertz CT molecular complexity index is 757. The summed E-state index contributed by atoms with van der Waals surface area (Å²) >= 11 is 0. The second-order valence-electron chi connectivity index (χ2n) is 7.77. The molecule has 2 fully saturated rings. The van der Waals surface area contributed by atoms with Gasteiger partial charge in [0.25, 0.3) is 0 Å². The summed E-state index contributed by atoms with van der Waals surface area (Å²) < 4.78 is 16.4. The van der Waals surface area contributed by atoms with Crippen LogP contribution in [-0.2, 0) is 23.8 Å². The van der Waals surface area contributed by atoms with Crippen molar-refractivity contribution in [1.82, 2.24) is 4.90 Å². The predicted octanol–water partition coefficient (Wildman–Crippen LogP) is 0.778. The molecule has 4 rings (SSSR count). The third-order valence-electron chi connectivity index (χ3n) is 7.44. The standard InChI is InChI=1S/C19H25NO6/c1-20-8-7-17-10-11(21)14(25-3)16(26-4)19(17,20)6-5-18(17)13(22)9-12(24-2)15(18)23/h9,15,23H,5-8,10H2,1-4H3/t15-,17-,18-,19+/m1/s1. The lowest BCUT2D eigenvalue weighted by molar-refractivity contribution is -0.149. The molecule has 1 heterocycles. The predicted molar refractivity (Wildman–Crippen MR) is 90.9 cm³/mol. The highest BCUT2D eigenvalue weighted by molar-refractivity contribution is 6.03. The fraction of sp³-hybridized carbons (Fsp3) is 0.684. The Balaban J connectivity index is 1.99. The van der Waals surface area contributed by atoms with Gasteiger partial charge < -0.3 is 19.3 Å². The Kier molecular flexibility index (Phi) is 3.60. The van der Waals surface area contributed by atoms with Crippen LogP contribution < -0.4 is 0 Å². The molecule has 4 atom stereocenters. The summed E-state index contributed by atoms with van der Waals surface area (Å²) in [5.74, 6) is 0.668. The molecular formula is C19H25NO6. The number of likely N-dealkylation sites (tertiary alicyclic amines) is 1. The van der Waals surface area contributed by atoms with Crippen LogP contribution in [0.1, 0.15) is 25.7 Å².